The Bertz CT molecular complexity index is 429. The molecule has 4 heteroatoms. The third kappa shape index (κ3) is 6.18. The van der Waals surface area contributed by atoms with E-state index in [1.165, 1.54) is 5.56 Å². The molecular weight excluding hydrogens is 242 g/mol. The minimum absolute atomic E-state index is 0.715. The number of carbonyl (C=O) groups is 1. The zero-order valence-corrected chi connectivity index (χ0v) is 11.5. The van der Waals surface area contributed by atoms with Gasteiger partial charge in [-0.25, -0.2) is 4.79 Å². The molecule has 0 unspecified atom stereocenters. The summed E-state index contributed by atoms with van der Waals surface area (Å²) in [6.07, 6.45) is 2.76. The van der Waals surface area contributed by atoms with E-state index in [4.69, 9.17) is 9.84 Å². The van der Waals surface area contributed by atoms with E-state index in [2.05, 4.69) is 11.8 Å². The molecule has 0 saturated heterocycles. The summed E-state index contributed by atoms with van der Waals surface area (Å²) in [6.45, 7) is 5.52. The van der Waals surface area contributed by atoms with Crippen molar-refractivity contribution in [3.8, 4) is 0 Å². The molecule has 0 aliphatic heterocycles. The Morgan fingerprint density at radius 1 is 1.47 bits per heavy atom. The van der Waals surface area contributed by atoms with Crippen LogP contribution in [-0.2, 0) is 16.1 Å². The Kier molecular flexibility index (Phi) is 6.85. The van der Waals surface area contributed by atoms with Crippen LogP contribution in [0.25, 0.3) is 6.08 Å². The summed E-state index contributed by atoms with van der Waals surface area (Å²) < 4.78 is 5.08. The normalized spacial score (nSPS) is 11.3. The summed E-state index contributed by atoms with van der Waals surface area (Å²) in [7, 11) is 1.70. The third-order valence-corrected chi connectivity index (χ3v) is 2.83. The highest BCUT2D eigenvalue weighted by Gasteiger charge is 2.03. The quantitative estimate of drug-likeness (QED) is 0.731. The van der Waals surface area contributed by atoms with Gasteiger partial charge in [-0.15, -0.1) is 0 Å². The summed E-state index contributed by atoms with van der Waals surface area (Å²) >= 11 is 0. The van der Waals surface area contributed by atoms with Crippen molar-refractivity contribution in [3.05, 3.63) is 41.5 Å². The molecule has 0 saturated carbocycles. The second kappa shape index (κ2) is 8.45. The second-order valence-electron chi connectivity index (χ2n) is 4.28. The molecule has 0 amide bonds. The zero-order valence-electron chi connectivity index (χ0n) is 11.5. The summed E-state index contributed by atoms with van der Waals surface area (Å²) in [4.78, 5) is 12.8. The molecule has 0 aliphatic carbocycles. The molecule has 0 radical (unpaired) electrons. The minimum atomic E-state index is -0.930. The number of nitrogens with zero attached hydrogens (tertiary/aromatic N) is 1. The van der Waals surface area contributed by atoms with Crippen LogP contribution < -0.4 is 0 Å². The number of benzene rings is 1. The molecule has 1 N–H and O–H groups in total. The van der Waals surface area contributed by atoms with Gasteiger partial charge in [-0.05, 0) is 23.7 Å². The molecule has 4 nitrogen and oxygen atoms in total. The first-order valence-electron chi connectivity index (χ1n) is 6.37. The largest absolute Gasteiger partial charge is 0.478 e. The number of carboxylic acid groups (broad SMARTS) is 1. The molecule has 19 heavy (non-hydrogen) atoms. The standard InChI is InChI=1S/C15H21NO3/c1-3-16(9-10-19-2)12-14-6-4-5-13(11-14)7-8-15(17)18/h4-8,11H,3,9-10,12H2,1-2H3,(H,17,18). The molecule has 0 fully saturated rings. The molecule has 0 aliphatic rings. The summed E-state index contributed by atoms with van der Waals surface area (Å²) in [6, 6.07) is 7.90. The van der Waals surface area contributed by atoms with E-state index in [1.807, 2.05) is 24.3 Å². The molecule has 1 aromatic carbocycles. The number of hydrogen-bond donors (Lipinski definition) is 1. The highest BCUT2D eigenvalue weighted by Crippen LogP contribution is 2.10. The van der Waals surface area contributed by atoms with Gasteiger partial charge < -0.3 is 9.84 Å². The van der Waals surface area contributed by atoms with E-state index in [9.17, 15) is 4.79 Å². The van der Waals surface area contributed by atoms with Crippen LogP contribution in [0.4, 0.5) is 0 Å². The van der Waals surface area contributed by atoms with Crippen molar-refractivity contribution in [1.29, 1.82) is 0 Å². The van der Waals surface area contributed by atoms with Crippen molar-refractivity contribution >= 4 is 12.0 Å². The zero-order chi connectivity index (χ0) is 14.1. The number of hydrogen-bond acceptors (Lipinski definition) is 3. The van der Waals surface area contributed by atoms with E-state index >= 15 is 0 Å². The Labute approximate surface area is 114 Å². The maximum atomic E-state index is 10.5. The van der Waals surface area contributed by atoms with Crippen LogP contribution >= 0.6 is 0 Å². The second-order valence-corrected chi connectivity index (χ2v) is 4.28. The van der Waals surface area contributed by atoms with Crippen molar-refractivity contribution in [3.63, 3.8) is 0 Å². The number of aliphatic carboxylic acids is 1. The Morgan fingerprint density at radius 3 is 2.89 bits per heavy atom. The maximum Gasteiger partial charge on any atom is 0.328 e. The van der Waals surface area contributed by atoms with Crippen LogP contribution in [-0.4, -0.2) is 42.8 Å². The monoisotopic (exact) mass is 263 g/mol. The van der Waals surface area contributed by atoms with Crippen molar-refractivity contribution in [2.45, 2.75) is 13.5 Å². The minimum Gasteiger partial charge on any atom is -0.478 e. The summed E-state index contributed by atoms with van der Waals surface area (Å²) in [5.74, 6) is -0.930. The van der Waals surface area contributed by atoms with Crippen LogP contribution in [0.2, 0.25) is 0 Å². The number of methoxy groups -OCH3 is 1. The van der Waals surface area contributed by atoms with Gasteiger partial charge in [0.2, 0.25) is 0 Å². The summed E-state index contributed by atoms with van der Waals surface area (Å²) in [5, 5.41) is 8.62. The number of ether oxygens (including phenoxy) is 1. The highest BCUT2D eigenvalue weighted by molar-refractivity contribution is 5.85. The molecule has 104 valence electrons. The number of likely N-dealkylation sites (N-methyl/N-ethyl adjacent to an activating group) is 1. The number of rotatable bonds is 8. The fraction of sp³-hybridized carbons (Fsp3) is 0.400. The van der Waals surface area contributed by atoms with Gasteiger partial charge in [0, 0.05) is 26.3 Å². The van der Waals surface area contributed by atoms with E-state index < -0.39 is 5.97 Å². The molecule has 0 bridgehead atoms. The lowest BCUT2D eigenvalue weighted by atomic mass is 10.1. The first-order valence-corrected chi connectivity index (χ1v) is 6.37. The van der Waals surface area contributed by atoms with Crippen LogP contribution in [0.15, 0.2) is 30.3 Å². The van der Waals surface area contributed by atoms with Gasteiger partial charge in [0.15, 0.2) is 0 Å². The summed E-state index contributed by atoms with van der Waals surface area (Å²) in [5.41, 5.74) is 2.08. The van der Waals surface area contributed by atoms with Gasteiger partial charge >= 0.3 is 5.97 Å². The van der Waals surface area contributed by atoms with Crippen molar-refractivity contribution < 1.29 is 14.6 Å². The predicted octanol–water partition coefficient (Wildman–Crippen LogP) is 2.25. The highest BCUT2D eigenvalue weighted by atomic mass is 16.5. The molecule has 0 aromatic heterocycles. The fourth-order valence-corrected chi connectivity index (χ4v) is 1.79. The van der Waals surface area contributed by atoms with E-state index in [0.29, 0.717) is 6.61 Å². The van der Waals surface area contributed by atoms with Crippen LogP contribution in [0.3, 0.4) is 0 Å². The van der Waals surface area contributed by atoms with Gasteiger partial charge in [-0.1, -0.05) is 31.2 Å². The Hall–Kier alpha value is -1.65. The van der Waals surface area contributed by atoms with Crippen molar-refractivity contribution in [2.24, 2.45) is 0 Å². The average Bonchev–Trinajstić information content (AvgIpc) is 2.41. The van der Waals surface area contributed by atoms with Crippen molar-refractivity contribution in [2.75, 3.05) is 26.8 Å². The first-order chi connectivity index (χ1) is 9.15. The van der Waals surface area contributed by atoms with Crippen LogP contribution in [0.5, 0.6) is 0 Å². The van der Waals surface area contributed by atoms with E-state index in [0.717, 1.165) is 31.3 Å². The molecular formula is C15H21NO3. The predicted molar refractivity (Wildman–Crippen MR) is 75.9 cm³/mol. The fourth-order valence-electron chi connectivity index (χ4n) is 1.79. The van der Waals surface area contributed by atoms with Crippen LogP contribution in [0, 0.1) is 0 Å². The number of carboxylic acids is 1. The molecule has 0 heterocycles. The van der Waals surface area contributed by atoms with E-state index in [-0.39, 0.29) is 0 Å². The lowest BCUT2D eigenvalue weighted by Crippen LogP contribution is -2.26. The van der Waals surface area contributed by atoms with Crippen LogP contribution in [0.1, 0.15) is 18.1 Å². The smallest absolute Gasteiger partial charge is 0.328 e. The average molecular weight is 263 g/mol. The molecule has 1 aromatic rings. The SMILES string of the molecule is CCN(CCOC)Cc1cccc(C=CC(=O)O)c1. The van der Waals surface area contributed by atoms with Crippen molar-refractivity contribution in [1.82, 2.24) is 4.90 Å². The lowest BCUT2D eigenvalue weighted by Gasteiger charge is -2.20. The van der Waals surface area contributed by atoms with Gasteiger partial charge in [-0.2, -0.15) is 0 Å². The molecule has 1 rings (SSSR count). The van der Waals surface area contributed by atoms with Gasteiger partial charge in [0.05, 0.1) is 6.61 Å². The molecule has 0 spiro atoms. The van der Waals surface area contributed by atoms with E-state index in [1.54, 1.807) is 13.2 Å². The first kappa shape index (κ1) is 15.4. The third-order valence-electron chi connectivity index (χ3n) is 2.83. The molecule has 0 atom stereocenters. The van der Waals surface area contributed by atoms with Gasteiger partial charge in [0.1, 0.15) is 0 Å². The Balaban J connectivity index is 2.67. The van der Waals surface area contributed by atoms with Gasteiger partial charge in [0.25, 0.3) is 0 Å². The topological polar surface area (TPSA) is 49.8 Å². The Morgan fingerprint density at radius 2 is 2.26 bits per heavy atom. The maximum absolute atomic E-state index is 10.5. The lowest BCUT2D eigenvalue weighted by molar-refractivity contribution is -0.131. The van der Waals surface area contributed by atoms with Gasteiger partial charge in [-0.3, -0.25) is 4.90 Å².